The van der Waals surface area contributed by atoms with E-state index in [1.54, 1.807) is 14.2 Å². The van der Waals surface area contributed by atoms with E-state index in [4.69, 9.17) is 14.2 Å². The van der Waals surface area contributed by atoms with Crippen molar-refractivity contribution in [3.05, 3.63) is 53.9 Å². The number of hydrogen-bond donors (Lipinski definition) is 0. The van der Waals surface area contributed by atoms with Crippen LogP contribution in [0.4, 0.5) is 0 Å². The average Bonchev–Trinajstić information content (AvgIpc) is 2.95. The zero-order valence-corrected chi connectivity index (χ0v) is 13.2. The second-order valence-corrected chi connectivity index (χ2v) is 5.24. The Morgan fingerprint density at radius 3 is 2.77 bits per heavy atom. The van der Waals surface area contributed by atoms with Crippen LogP contribution in [0, 0.1) is 0 Å². The molecule has 0 spiro atoms. The van der Waals surface area contributed by atoms with Gasteiger partial charge in [-0.3, -0.25) is 0 Å². The molecule has 1 aromatic carbocycles. The molecule has 1 aliphatic heterocycles. The van der Waals surface area contributed by atoms with E-state index in [0.29, 0.717) is 6.61 Å². The Morgan fingerprint density at radius 1 is 1.18 bits per heavy atom. The van der Waals surface area contributed by atoms with Crippen LogP contribution < -0.4 is 9.47 Å². The molecule has 1 aliphatic rings. The van der Waals surface area contributed by atoms with Gasteiger partial charge in [0.25, 0.3) is 0 Å². The van der Waals surface area contributed by atoms with Crippen molar-refractivity contribution in [3.8, 4) is 11.5 Å². The highest BCUT2D eigenvalue weighted by molar-refractivity contribution is 5.53. The molecule has 2 heterocycles. The van der Waals surface area contributed by atoms with E-state index >= 15 is 0 Å². The van der Waals surface area contributed by atoms with Gasteiger partial charge < -0.3 is 18.8 Å². The van der Waals surface area contributed by atoms with E-state index in [9.17, 15) is 0 Å². The van der Waals surface area contributed by atoms with Gasteiger partial charge >= 0.3 is 0 Å². The van der Waals surface area contributed by atoms with Crippen molar-refractivity contribution in [1.29, 1.82) is 0 Å². The third-order valence-corrected chi connectivity index (χ3v) is 4.08. The topological polar surface area (TPSA) is 32.6 Å². The van der Waals surface area contributed by atoms with Gasteiger partial charge in [-0.2, -0.15) is 0 Å². The van der Waals surface area contributed by atoms with Crippen molar-refractivity contribution in [2.45, 2.75) is 26.1 Å². The Hall–Kier alpha value is -2.20. The summed E-state index contributed by atoms with van der Waals surface area (Å²) < 4.78 is 19.3. The van der Waals surface area contributed by atoms with Crippen LogP contribution >= 0.6 is 0 Å². The molecule has 0 amide bonds. The molecule has 2 aromatic rings. The van der Waals surface area contributed by atoms with Gasteiger partial charge in [0, 0.05) is 29.6 Å². The molecule has 22 heavy (non-hydrogen) atoms. The summed E-state index contributed by atoms with van der Waals surface area (Å²) in [6.07, 6.45) is 4.95. The minimum absolute atomic E-state index is 0.0591. The fourth-order valence-corrected chi connectivity index (χ4v) is 2.97. The Morgan fingerprint density at radius 2 is 2.05 bits per heavy atom. The minimum Gasteiger partial charge on any atom is -0.493 e. The van der Waals surface area contributed by atoms with Crippen molar-refractivity contribution >= 4 is 5.70 Å². The lowest BCUT2D eigenvalue weighted by atomic mass is 10.0. The maximum Gasteiger partial charge on any atom is 0.166 e. The van der Waals surface area contributed by atoms with E-state index in [2.05, 4.69) is 35.9 Å². The number of benzene rings is 1. The number of para-hydroxylation sites is 1. The molecule has 1 unspecified atom stereocenters. The number of hydrogen-bond acceptors (Lipinski definition) is 3. The number of rotatable bonds is 3. The van der Waals surface area contributed by atoms with Crippen molar-refractivity contribution < 1.29 is 14.2 Å². The summed E-state index contributed by atoms with van der Waals surface area (Å²) in [7, 11) is 3.32. The molecule has 0 saturated carbocycles. The first-order valence-electron chi connectivity index (χ1n) is 7.42. The zero-order valence-electron chi connectivity index (χ0n) is 13.2. The molecular weight excluding hydrogens is 278 g/mol. The van der Waals surface area contributed by atoms with Crippen molar-refractivity contribution in [1.82, 2.24) is 4.57 Å². The van der Waals surface area contributed by atoms with E-state index in [0.717, 1.165) is 29.2 Å². The van der Waals surface area contributed by atoms with Crippen LogP contribution in [0.25, 0.3) is 5.70 Å². The van der Waals surface area contributed by atoms with Gasteiger partial charge in [-0.1, -0.05) is 18.2 Å². The second kappa shape index (κ2) is 6.28. The number of nitrogens with zero attached hydrogens (tertiary/aromatic N) is 1. The summed E-state index contributed by atoms with van der Waals surface area (Å²) in [6, 6.07) is 10.1. The van der Waals surface area contributed by atoms with Crippen LogP contribution in [0.2, 0.25) is 0 Å². The number of allylic oxidation sites excluding steroid dienone is 1. The number of fused-ring (bicyclic) bond motifs is 1. The largest absolute Gasteiger partial charge is 0.493 e. The average molecular weight is 299 g/mol. The molecule has 0 aliphatic carbocycles. The number of methoxy groups -OCH3 is 2. The molecule has 0 saturated heterocycles. The summed E-state index contributed by atoms with van der Waals surface area (Å²) >= 11 is 0. The Labute approximate surface area is 130 Å². The molecule has 4 nitrogen and oxygen atoms in total. The van der Waals surface area contributed by atoms with E-state index < -0.39 is 0 Å². The summed E-state index contributed by atoms with van der Waals surface area (Å²) in [5, 5.41) is 0. The lowest BCUT2D eigenvalue weighted by Crippen LogP contribution is -2.06. The Kier molecular flexibility index (Phi) is 4.20. The van der Waals surface area contributed by atoms with Gasteiger partial charge in [-0.15, -0.1) is 0 Å². The van der Waals surface area contributed by atoms with Crippen LogP contribution in [-0.4, -0.2) is 18.8 Å². The van der Waals surface area contributed by atoms with Gasteiger partial charge in [-0.25, -0.2) is 0 Å². The van der Waals surface area contributed by atoms with Crippen LogP contribution in [0.3, 0.4) is 0 Å². The summed E-state index contributed by atoms with van der Waals surface area (Å²) in [5.74, 6) is 1.48. The van der Waals surface area contributed by atoms with Crippen molar-refractivity contribution in [2.24, 2.45) is 0 Å². The third kappa shape index (κ3) is 2.50. The quantitative estimate of drug-likeness (QED) is 0.858. The van der Waals surface area contributed by atoms with Crippen molar-refractivity contribution in [3.63, 3.8) is 0 Å². The molecule has 1 atom stereocenters. The fourth-order valence-electron chi connectivity index (χ4n) is 2.97. The predicted octanol–water partition coefficient (Wildman–Crippen LogP) is 4.03. The van der Waals surface area contributed by atoms with E-state index in [1.165, 1.54) is 5.70 Å². The molecule has 0 fully saturated rings. The van der Waals surface area contributed by atoms with Crippen LogP contribution in [0.5, 0.6) is 11.5 Å². The molecule has 1 aromatic heterocycles. The fraction of sp³-hybridized carbons (Fsp3) is 0.333. The Bertz CT molecular complexity index is 687. The summed E-state index contributed by atoms with van der Waals surface area (Å²) in [5.41, 5.74) is 3.41. The zero-order chi connectivity index (χ0) is 15.5. The first-order chi connectivity index (χ1) is 10.8. The molecule has 0 N–H and O–H groups in total. The third-order valence-electron chi connectivity index (χ3n) is 4.08. The lowest BCUT2D eigenvalue weighted by molar-refractivity contribution is 0.0439. The standard InChI is InChI=1S/C18H21NO3/c1-4-13-11-17(22-12-14-7-6-10-19(13)14)15-8-5-9-16(20-2)18(15)21-3/h4-10,17H,11-12H2,1-3H3/b13-4+. The molecular formula is C18H21NO3. The molecule has 0 radical (unpaired) electrons. The monoisotopic (exact) mass is 299 g/mol. The maximum atomic E-state index is 6.15. The first kappa shape index (κ1) is 14.7. The Balaban J connectivity index is 1.99. The van der Waals surface area contributed by atoms with Gasteiger partial charge in [0.05, 0.1) is 26.9 Å². The molecule has 0 bridgehead atoms. The lowest BCUT2D eigenvalue weighted by Gasteiger charge is -2.20. The van der Waals surface area contributed by atoms with Gasteiger partial charge in [0.15, 0.2) is 11.5 Å². The molecule has 3 rings (SSSR count). The van der Waals surface area contributed by atoms with Crippen LogP contribution in [-0.2, 0) is 11.3 Å². The number of ether oxygens (including phenoxy) is 3. The highest BCUT2D eigenvalue weighted by Gasteiger charge is 2.25. The van der Waals surface area contributed by atoms with Gasteiger partial charge in [0.2, 0.25) is 0 Å². The van der Waals surface area contributed by atoms with Crippen molar-refractivity contribution in [2.75, 3.05) is 14.2 Å². The first-order valence-corrected chi connectivity index (χ1v) is 7.42. The highest BCUT2D eigenvalue weighted by atomic mass is 16.5. The SMILES string of the molecule is C/C=C1\CC(c2cccc(OC)c2OC)OCc2cccn21. The van der Waals surface area contributed by atoms with Gasteiger partial charge in [-0.05, 0) is 25.1 Å². The highest BCUT2D eigenvalue weighted by Crippen LogP contribution is 2.40. The normalized spacial score (nSPS) is 19.6. The maximum absolute atomic E-state index is 6.15. The second-order valence-electron chi connectivity index (χ2n) is 5.24. The summed E-state index contributed by atoms with van der Waals surface area (Å²) in [6.45, 7) is 2.64. The predicted molar refractivity (Wildman–Crippen MR) is 86.1 cm³/mol. The minimum atomic E-state index is -0.0591. The number of aromatic nitrogens is 1. The van der Waals surface area contributed by atoms with E-state index in [-0.39, 0.29) is 6.10 Å². The molecule has 4 heteroatoms. The summed E-state index contributed by atoms with van der Waals surface area (Å²) in [4.78, 5) is 0. The van der Waals surface area contributed by atoms with E-state index in [1.807, 2.05) is 18.2 Å². The van der Waals surface area contributed by atoms with Gasteiger partial charge in [0.1, 0.15) is 0 Å². The molecule has 116 valence electrons. The smallest absolute Gasteiger partial charge is 0.166 e. The van der Waals surface area contributed by atoms with Crippen LogP contribution in [0.15, 0.2) is 42.6 Å². The van der Waals surface area contributed by atoms with Crippen LogP contribution in [0.1, 0.15) is 30.7 Å².